The number of aromatic nitrogens is 2. The summed E-state index contributed by atoms with van der Waals surface area (Å²) < 4.78 is 35.5. The lowest BCUT2D eigenvalue weighted by atomic mass is 10.1. The van der Waals surface area contributed by atoms with Crippen LogP contribution < -0.4 is 5.45 Å². The van der Waals surface area contributed by atoms with Crippen LogP contribution in [0.5, 0.6) is 0 Å². The molecular weight excluding hydrogens is 563 g/mol. The first-order valence-corrected chi connectivity index (χ1v) is 18.6. The van der Waals surface area contributed by atoms with Gasteiger partial charge in [-0.25, -0.2) is 8.96 Å². The lowest BCUT2D eigenvalue weighted by Crippen LogP contribution is -2.56. The molecule has 0 amide bonds. The Hall–Kier alpha value is -1.99. The summed E-state index contributed by atoms with van der Waals surface area (Å²) >= 11 is 1.40. The van der Waals surface area contributed by atoms with Crippen LogP contribution in [0.25, 0.3) is 0 Å². The molecule has 0 aliphatic heterocycles. The van der Waals surface area contributed by atoms with Crippen LogP contribution in [0.4, 0.5) is 0 Å². The van der Waals surface area contributed by atoms with Gasteiger partial charge in [-0.3, -0.25) is 0 Å². The normalized spacial score (nSPS) is 15.2. The number of nitrogens with zero attached hydrogens (tertiary/aromatic N) is 3. The number of thioether (sulfide) groups is 1. The number of aliphatic hydroxyl groups excluding tert-OH is 2. The van der Waals surface area contributed by atoms with Gasteiger partial charge in [0.15, 0.2) is 0 Å². The number of hydrogen-bond acceptors (Lipinski definition) is 7. The minimum absolute atomic E-state index is 0.0813. The lowest BCUT2D eigenvalue weighted by Gasteiger charge is -2.37. The Bertz CT molecular complexity index is 1330. The highest BCUT2D eigenvalue weighted by atomic mass is 32.2. The van der Waals surface area contributed by atoms with Crippen molar-refractivity contribution < 1.29 is 23.4 Å². The van der Waals surface area contributed by atoms with Gasteiger partial charge < -0.3 is 14.9 Å². The van der Waals surface area contributed by atoms with Gasteiger partial charge in [0.2, 0.25) is 0 Å². The van der Waals surface area contributed by atoms with Crippen molar-refractivity contribution in [3.63, 3.8) is 0 Å². The summed E-state index contributed by atoms with van der Waals surface area (Å²) in [7, 11) is -3.48. The summed E-state index contributed by atoms with van der Waals surface area (Å²) in [5.74, 6) is 0. The van der Waals surface area contributed by atoms with E-state index in [2.05, 4.69) is 38.8 Å². The zero-order valence-corrected chi connectivity index (χ0v) is 27.1. The van der Waals surface area contributed by atoms with E-state index in [1.807, 2.05) is 60.7 Å². The number of imidazole rings is 1. The summed E-state index contributed by atoms with van der Waals surface area (Å²) in [6.45, 7) is 10.9. The molecule has 8 nitrogen and oxygen atoms in total. The lowest BCUT2D eigenvalue weighted by molar-refractivity contribution is 0.0178. The summed E-state index contributed by atoms with van der Waals surface area (Å²) in [6.07, 6.45) is -0.438. The van der Waals surface area contributed by atoms with Crippen molar-refractivity contribution in [2.45, 2.75) is 74.3 Å². The maximum atomic E-state index is 13.7. The molecule has 2 N–H and O–H groups in total. The van der Waals surface area contributed by atoms with E-state index in [0.29, 0.717) is 12.1 Å². The number of rotatable bonds is 13. The molecule has 1 heterocycles. The molecule has 0 fully saturated rings. The zero-order valence-electron chi connectivity index (χ0n) is 24.5. The summed E-state index contributed by atoms with van der Waals surface area (Å²) in [5, 5.41) is 22.0. The van der Waals surface area contributed by atoms with Crippen molar-refractivity contribution >= 4 is 35.5 Å². The summed E-state index contributed by atoms with van der Waals surface area (Å²) in [5.41, 5.74) is 1.68. The Kier molecular flexibility index (Phi) is 10.8. The van der Waals surface area contributed by atoms with Crippen molar-refractivity contribution in [3.8, 4) is 0 Å². The minimum Gasteiger partial charge on any atom is -0.391 e. The Morgan fingerprint density at radius 3 is 2.15 bits per heavy atom. The highest BCUT2D eigenvalue weighted by Gasteiger charge is 2.45. The van der Waals surface area contributed by atoms with Gasteiger partial charge in [0.1, 0.15) is 19.6 Å². The quantitative estimate of drug-likeness (QED) is 0.220. The van der Waals surface area contributed by atoms with Crippen LogP contribution in [0.3, 0.4) is 0 Å². The predicted octanol–water partition coefficient (Wildman–Crippen LogP) is 4.42. The second-order valence-corrected chi connectivity index (χ2v) is 20.2. The third-order valence-electron chi connectivity index (χ3n) is 7.48. The Morgan fingerprint density at radius 1 is 1.02 bits per heavy atom. The maximum Gasteiger partial charge on any atom is 0.308 e. The van der Waals surface area contributed by atoms with Gasteiger partial charge in [0.05, 0.1) is 31.2 Å². The van der Waals surface area contributed by atoms with Crippen LogP contribution in [0.1, 0.15) is 44.6 Å². The SMILES string of the molecule is CN(C)S(=O)(=O)n1c([C@@H](O)[C@@H](C[C@H](O)COCc2ccccc2)Sc2ccccc2)cnc1[Si](C)(C)C(C)(C)C. The molecule has 0 bridgehead atoms. The number of benzene rings is 2. The predicted molar refractivity (Wildman–Crippen MR) is 165 cm³/mol. The van der Waals surface area contributed by atoms with Crippen LogP contribution in [0.15, 0.2) is 71.8 Å². The maximum absolute atomic E-state index is 13.7. The van der Waals surface area contributed by atoms with E-state index in [1.165, 1.54) is 36.0 Å². The molecule has 3 rings (SSSR count). The van der Waals surface area contributed by atoms with Crippen molar-refractivity contribution in [1.29, 1.82) is 0 Å². The van der Waals surface area contributed by atoms with E-state index in [4.69, 9.17) is 4.74 Å². The fraction of sp³-hybridized carbons (Fsp3) is 0.483. The highest BCUT2D eigenvalue weighted by Crippen LogP contribution is 2.38. The van der Waals surface area contributed by atoms with Crippen molar-refractivity contribution in [2.24, 2.45) is 0 Å². The van der Waals surface area contributed by atoms with E-state index >= 15 is 0 Å². The molecular formula is C29H43N3O5S2Si. The molecule has 11 heteroatoms. The summed E-state index contributed by atoms with van der Waals surface area (Å²) in [4.78, 5) is 5.54. The topological polar surface area (TPSA) is 105 Å². The molecule has 0 unspecified atom stereocenters. The second kappa shape index (κ2) is 13.3. The van der Waals surface area contributed by atoms with Crippen LogP contribution in [-0.4, -0.2) is 72.0 Å². The van der Waals surface area contributed by atoms with Gasteiger partial charge in [-0.2, -0.15) is 12.7 Å². The van der Waals surface area contributed by atoms with Crippen LogP contribution in [0, 0.1) is 0 Å². The molecule has 3 aromatic rings. The fourth-order valence-electron chi connectivity index (χ4n) is 4.04. The number of aliphatic hydroxyl groups is 2. The van der Waals surface area contributed by atoms with E-state index in [9.17, 15) is 18.6 Å². The van der Waals surface area contributed by atoms with E-state index < -0.39 is 35.7 Å². The zero-order chi connectivity index (χ0) is 29.7. The average Bonchev–Trinajstić information content (AvgIpc) is 3.35. The van der Waals surface area contributed by atoms with E-state index in [-0.39, 0.29) is 23.8 Å². The summed E-state index contributed by atoms with van der Waals surface area (Å²) in [6, 6.07) is 19.3. The van der Waals surface area contributed by atoms with Crippen LogP contribution in [-0.2, 0) is 21.6 Å². The van der Waals surface area contributed by atoms with E-state index in [1.54, 1.807) is 0 Å². The van der Waals surface area contributed by atoms with Gasteiger partial charge in [-0.1, -0.05) is 82.4 Å². The largest absolute Gasteiger partial charge is 0.391 e. The second-order valence-electron chi connectivity index (χ2n) is 11.7. The monoisotopic (exact) mass is 605 g/mol. The molecule has 0 saturated heterocycles. The Morgan fingerprint density at radius 2 is 1.60 bits per heavy atom. The number of ether oxygens (including phenoxy) is 1. The average molecular weight is 606 g/mol. The molecule has 2 aromatic carbocycles. The van der Waals surface area contributed by atoms with Gasteiger partial charge in [0.25, 0.3) is 0 Å². The first-order valence-electron chi connectivity index (χ1n) is 13.4. The Labute approximate surface area is 244 Å². The minimum atomic E-state index is -4.00. The fourth-order valence-corrected chi connectivity index (χ4v) is 9.03. The molecule has 220 valence electrons. The van der Waals surface area contributed by atoms with Crippen molar-refractivity contribution in [2.75, 3.05) is 20.7 Å². The molecule has 40 heavy (non-hydrogen) atoms. The Balaban J connectivity index is 1.97. The molecule has 1 aromatic heterocycles. The van der Waals surface area contributed by atoms with Crippen LogP contribution >= 0.6 is 11.8 Å². The van der Waals surface area contributed by atoms with Gasteiger partial charge in [-0.05, 0) is 29.2 Å². The van der Waals surface area contributed by atoms with Gasteiger partial charge >= 0.3 is 10.2 Å². The molecule has 0 aliphatic rings. The molecule has 0 radical (unpaired) electrons. The molecule has 0 spiro atoms. The molecule has 0 saturated carbocycles. The first kappa shape index (κ1) is 32.5. The third kappa shape index (κ3) is 7.64. The highest BCUT2D eigenvalue weighted by molar-refractivity contribution is 8.00. The first-order chi connectivity index (χ1) is 18.7. The molecule has 0 aliphatic carbocycles. The third-order valence-corrected chi connectivity index (χ3v) is 15.9. The van der Waals surface area contributed by atoms with Crippen molar-refractivity contribution in [1.82, 2.24) is 13.3 Å². The van der Waals surface area contributed by atoms with Crippen LogP contribution in [0.2, 0.25) is 18.1 Å². The van der Waals surface area contributed by atoms with Crippen molar-refractivity contribution in [3.05, 3.63) is 78.1 Å². The van der Waals surface area contributed by atoms with Gasteiger partial charge in [-0.15, -0.1) is 11.8 Å². The molecule has 3 atom stereocenters. The standard InChI is InChI=1S/C29H43N3O5S2Si/c1-29(2,3)40(6,7)28-30-19-25(32(28)39(35,36)31(4)5)27(34)26(38-24-16-12-9-13-17-24)18-23(33)21-37-20-22-14-10-8-11-15-22/h8-17,19,23,26-27,33-34H,18,20-21H2,1-7H3/t23-,26+,27+/m0/s1. The van der Waals surface area contributed by atoms with E-state index in [0.717, 1.165) is 14.8 Å². The smallest absolute Gasteiger partial charge is 0.308 e. The van der Waals surface area contributed by atoms with Gasteiger partial charge in [0, 0.05) is 24.2 Å². The number of hydrogen-bond donors (Lipinski definition) is 2.